The van der Waals surface area contributed by atoms with Gasteiger partial charge in [0.25, 0.3) is 0 Å². The van der Waals surface area contributed by atoms with Crippen LogP contribution in [0.4, 0.5) is 4.39 Å². The summed E-state index contributed by atoms with van der Waals surface area (Å²) in [7, 11) is 0. The number of hydrogen-bond donors (Lipinski definition) is 0. The highest BCUT2D eigenvalue weighted by Crippen LogP contribution is 2.37. The van der Waals surface area contributed by atoms with Gasteiger partial charge in [0, 0.05) is 23.6 Å². The molecular formula is C22H21FO4. The van der Waals surface area contributed by atoms with Gasteiger partial charge in [-0.15, -0.1) is 0 Å². The first-order valence-electron chi connectivity index (χ1n) is 8.89. The molecule has 0 bridgehead atoms. The molecule has 27 heavy (non-hydrogen) atoms. The van der Waals surface area contributed by atoms with Crippen molar-refractivity contribution in [2.24, 2.45) is 0 Å². The summed E-state index contributed by atoms with van der Waals surface area (Å²) in [4.78, 5) is 23.2. The molecule has 0 radical (unpaired) electrons. The number of esters is 2. The number of benzene rings is 2. The molecule has 2 aromatic carbocycles. The largest absolute Gasteiger partial charge is 0.457 e. The number of hydrogen-bond acceptors (Lipinski definition) is 4. The fourth-order valence-corrected chi connectivity index (χ4v) is 3.08. The molecule has 0 N–H and O–H groups in total. The lowest BCUT2D eigenvalue weighted by molar-refractivity contribution is -0.149. The minimum absolute atomic E-state index is 0.125. The third-order valence-corrected chi connectivity index (χ3v) is 4.54. The van der Waals surface area contributed by atoms with E-state index in [0.717, 1.165) is 24.0 Å². The molecule has 4 nitrogen and oxygen atoms in total. The van der Waals surface area contributed by atoms with Crippen LogP contribution in [0.3, 0.4) is 0 Å². The Morgan fingerprint density at radius 3 is 2.67 bits per heavy atom. The molecule has 3 rings (SSSR count). The van der Waals surface area contributed by atoms with Crippen molar-refractivity contribution in [3.8, 4) is 16.9 Å². The molecule has 0 aromatic heterocycles. The number of halogens is 1. The van der Waals surface area contributed by atoms with E-state index in [0.29, 0.717) is 17.5 Å². The number of carbonyl (C=O) groups excluding carboxylic acids is 2. The summed E-state index contributed by atoms with van der Waals surface area (Å²) in [5.41, 5.74) is 3.35. The SMILES string of the molecule is C=C(C)C(=O)Oc1ccc(-c2ccc3c(c2)C(OC(=O)CC)CC3)c(F)c1. The second-order valence-corrected chi connectivity index (χ2v) is 6.60. The molecule has 2 aromatic rings. The van der Waals surface area contributed by atoms with Gasteiger partial charge < -0.3 is 9.47 Å². The highest BCUT2D eigenvalue weighted by Gasteiger charge is 2.26. The standard InChI is InChI=1S/C22H21FO4/c1-4-21(24)27-20-10-7-14-5-6-15(11-18(14)20)17-9-8-16(12-19(17)23)26-22(25)13(2)3/h5-6,8-9,11-12,20H,2,4,7,10H2,1,3H3. The van der Waals surface area contributed by atoms with E-state index in [1.165, 1.54) is 13.0 Å². The average molecular weight is 368 g/mol. The van der Waals surface area contributed by atoms with Crippen molar-refractivity contribution in [3.05, 3.63) is 65.5 Å². The molecular weight excluding hydrogens is 347 g/mol. The first-order valence-corrected chi connectivity index (χ1v) is 8.89. The second kappa shape index (κ2) is 7.74. The fraction of sp³-hybridized carbons (Fsp3) is 0.273. The number of fused-ring (bicyclic) bond motifs is 1. The monoisotopic (exact) mass is 368 g/mol. The zero-order chi connectivity index (χ0) is 19.6. The van der Waals surface area contributed by atoms with E-state index in [2.05, 4.69) is 6.58 Å². The lowest BCUT2D eigenvalue weighted by atomic mass is 9.99. The van der Waals surface area contributed by atoms with Gasteiger partial charge in [-0.25, -0.2) is 9.18 Å². The highest BCUT2D eigenvalue weighted by atomic mass is 19.1. The quantitative estimate of drug-likeness (QED) is 0.427. The fourth-order valence-electron chi connectivity index (χ4n) is 3.08. The molecule has 0 heterocycles. The van der Waals surface area contributed by atoms with Gasteiger partial charge in [-0.05, 0) is 54.7 Å². The van der Waals surface area contributed by atoms with Crippen molar-refractivity contribution in [2.45, 2.75) is 39.2 Å². The normalized spacial score (nSPS) is 15.1. The van der Waals surface area contributed by atoms with E-state index in [9.17, 15) is 14.0 Å². The van der Waals surface area contributed by atoms with Gasteiger partial charge in [0.05, 0.1) is 0 Å². The zero-order valence-electron chi connectivity index (χ0n) is 15.4. The predicted octanol–water partition coefficient (Wildman–Crippen LogP) is 4.91. The maximum absolute atomic E-state index is 14.6. The average Bonchev–Trinajstić information content (AvgIpc) is 3.03. The first kappa shape index (κ1) is 18.8. The smallest absolute Gasteiger partial charge is 0.338 e. The summed E-state index contributed by atoms with van der Waals surface area (Å²) in [6, 6.07) is 9.95. The van der Waals surface area contributed by atoms with Crippen LogP contribution in [-0.2, 0) is 20.7 Å². The van der Waals surface area contributed by atoms with Gasteiger partial charge in [0.1, 0.15) is 17.7 Å². The summed E-state index contributed by atoms with van der Waals surface area (Å²) in [6.07, 6.45) is 1.61. The lowest BCUT2D eigenvalue weighted by Gasteiger charge is -2.14. The Kier molecular flexibility index (Phi) is 5.40. The number of carbonyl (C=O) groups is 2. The Labute approximate surface area is 157 Å². The molecule has 1 aliphatic rings. The Morgan fingerprint density at radius 1 is 1.22 bits per heavy atom. The maximum atomic E-state index is 14.6. The van der Waals surface area contributed by atoms with E-state index in [4.69, 9.17) is 9.47 Å². The van der Waals surface area contributed by atoms with Gasteiger partial charge >= 0.3 is 11.9 Å². The van der Waals surface area contributed by atoms with E-state index in [1.54, 1.807) is 19.1 Å². The van der Waals surface area contributed by atoms with Crippen LogP contribution in [-0.4, -0.2) is 11.9 Å². The highest BCUT2D eigenvalue weighted by molar-refractivity contribution is 5.88. The molecule has 1 atom stereocenters. The Hall–Kier alpha value is -2.95. The van der Waals surface area contributed by atoms with E-state index in [-0.39, 0.29) is 23.4 Å². The zero-order valence-corrected chi connectivity index (χ0v) is 15.4. The van der Waals surface area contributed by atoms with Gasteiger partial charge in [-0.3, -0.25) is 4.79 Å². The molecule has 5 heteroatoms. The van der Waals surface area contributed by atoms with Crippen LogP contribution in [0.1, 0.15) is 43.9 Å². The number of rotatable bonds is 5. The first-order chi connectivity index (χ1) is 12.9. The van der Waals surface area contributed by atoms with Crippen molar-refractivity contribution < 1.29 is 23.5 Å². The van der Waals surface area contributed by atoms with Crippen molar-refractivity contribution in [2.75, 3.05) is 0 Å². The van der Waals surface area contributed by atoms with Crippen LogP contribution in [0, 0.1) is 5.82 Å². The van der Waals surface area contributed by atoms with Crippen molar-refractivity contribution in [1.82, 2.24) is 0 Å². The van der Waals surface area contributed by atoms with E-state index >= 15 is 0 Å². The molecule has 1 unspecified atom stereocenters. The van der Waals surface area contributed by atoms with Crippen molar-refractivity contribution in [3.63, 3.8) is 0 Å². The summed E-state index contributed by atoms with van der Waals surface area (Å²) < 4.78 is 25.2. The molecule has 0 spiro atoms. The van der Waals surface area contributed by atoms with Gasteiger partial charge in [-0.1, -0.05) is 25.6 Å². The van der Waals surface area contributed by atoms with Crippen LogP contribution in [0.25, 0.3) is 11.1 Å². The van der Waals surface area contributed by atoms with Gasteiger partial charge in [0.15, 0.2) is 0 Å². The predicted molar refractivity (Wildman–Crippen MR) is 99.7 cm³/mol. The number of ether oxygens (including phenoxy) is 2. The number of aryl methyl sites for hydroxylation is 1. The van der Waals surface area contributed by atoms with Gasteiger partial charge in [-0.2, -0.15) is 0 Å². The minimum Gasteiger partial charge on any atom is -0.457 e. The maximum Gasteiger partial charge on any atom is 0.338 e. The molecule has 0 amide bonds. The van der Waals surface area contributed by atoms with Crippen molar-refractivity contribution >= 4 is 11.9 Å². The minimum atomic E-state index is -0.597. The molecule has 1 aliphatic carbocycles. The Balaban J connectivity index is 1.87. The van der Waals surface area contributed by atoms with E-state index < -0.39 is 11.8 Å². The summed E-state index contributed by atoms with van der Waals surface area (Å²) in [5.74, 6) is -1.21. The third kappa shape index (κ3) is 4.08. The second-order valence-electron chi connectivity index (χ2n) is 6.60. The van der Waals surface area contributed by atoms with Crippen LogP contribution >= 0.6 is 0 Å². The summed E-state index contributed by atoms with van der Waals surface area (Å²) in [5, 5.41) is 0. The lowest BCUT2D eigenvalue weighted by Crippen LogP contribution is -2.08. The van der Waals surface area contributed by atoms with Crippen molar-refractivity contribution in [1.29, 1.82) is 0 Å². The van der Waals surface area contributed by atoms with Crippen LogP contribution in [0.5, 0.6) is 5.75 Å². The summed E-state index contributed by atoms with van der Waals surface area (Å²) >= 11 is 0. The topological polar surface area (TPSA) is 52.6 Å². The van der Waals surface area contributed by atoms with Crippen LogP contribution < -0.4 is 4.74 Å². The molecule has 140 valence electrons. The Bertz CT molecular complexity index is 917. The molecule has 0 aliphatic heterocycles. The Morgan fingerprint density at radius 2 is 2.00 bits per heavy atom. The van der Waals surface area contributed by atoms with E-state index in [1.807, 2.05) is 18.2 Å². The van der Waals surface area contributed by atoms with Crippen LogP contribution in [0.15, 0.2) is 48.6 Å². The molecule has 0 saturated heterocycles. The van der Waals surface area contributed by atoms with Crippen LogP contribution in [0.2, 0.25) is 0 Å². The molecule has 0 saturated carbocycles. The molecule has 0 fully saturated rings. The third-order valence-electron chi connectivity index (χ3n) is 4.54. The summed E-state index contributed by atoms with van der Waals surface area (Å²) in [6.45, 7) is 6.78. The van der Waals surface area contributed by atoms with Gasteiger partial charge in [0.2, 0.25) is 0 Å².